The number of rotatable bonds is 4. The molecule has 1 aromatic carbocycles. The summed E-state index contributed by atoms with van der Waals surface area (Å²) >= 11 is 6.59. The molecule has 1 aromatic heterocycles. The van der Waals surface area contributed by atoms with Gasteiger partial charge in [0.2, 0.25) is 0 Å². The summed E-state index contributed by atoms with van der Waals surface area (Å²) in [6.45, 7) is 0. The first-order valence-corrected chi connectivity index (χ1v) is 8.10. The Balaban J connectivity index is 2.29. The van der Waals surface area contributed by atoms with Crippen LogP contribution in [-0.4, -0.2) is 20.0 Å². The lowest BCUT2D eigenvalue weighted by Gasteiger charge is -2.04. The largest absolute Gasteiger partial charge is 0.292 e. The van der Waals surface area contributed by atoms with Crippen molar-refractivity contribution in [1.29, 1.82) is 0 Å². The van der Waals surface area contributed by atoms with E-state index < -0.39 is 37.9 Å². The highest BCUT2D eigenvalue weighted by Crippen LogP contribution is 2.24. The van der Waals surface area contributed by atoms with E-state index in [9.17, 15) is 22.0 Å². The van der Waals surface area contributed by atoms with Gasteiger partial charge in [0, 0.05) is 6.07 Å². The molecule has 0 atom stereocenters. The Morgan fingerprint density at radius 3 is 2.45 bits per heavy atom. The molecule has 0 saturated carbocycles. The molecule has 0 radical (unpaired) electrons. The maximum absolute atomic E-state index is 13.5. The number of hydrogen-bond acceptors (Lipinski definition) is 4. The summed E-state index contributed by atoms with van der Waals surface area (Å²) in [6.07, 6.45) is 0. The number of carbonyl (C=O) groups is 1. The third kappa shape index (κ3) is 3.23. The van der Waals surface area contributed by atoms with Gasteiger partial charge in [-0.1, -0.05) is 11.6 Å². The predicted octanol–water partition coefficient (Wildman–Crippen LogP) is 3.34. The summed E-state index contributed by atoms with van der Waals surface area (Å²) in [4.78, 5) is 11.3. The van der Waals surface area contributed by atoms with Gasteiger partial charge in [0.25, 0.3) is 0 Å². The van der Waals surface area contributed by atoms with Gasteiger partial charge < -0.3 is 0 Å². The lowest BCUT2D eigenvalue weighted by atomic mass is 10.3. The molecule has 0 amide bonds. The summed E-state index contributed by atoms with van der Waals surface area (Å²) in [6, 6.07) is 4.94. The Bertz CT molecular complexity index is 769. The summed E-state index contributed by atoms with van der Waals surface area (Å²) < 4.78 is 50.4. The predicted molar refractivity (Wildman–Crippen MR) is 72.1 cm³/mol. The van der Waals surface area contributed by atoms with Gasteiger partial charge >= 0.3 is 0 Å². The lowest BCUT2D eigenvalue weighted by molar-refractivity contribution is 0.102. The molecule has 2 aromatic rings. The van der Waals surface area contributed by atoms with E-state index in [0.29, 0.717) is 10.4 Å². The van der Waals surface area contributed by atoms with Gasteiger partial charge in [-0.2, -0.15) is 0 Å². The normalized spacial score (nSPS) is 11.6. The smallest absolute Gasteiger partial charge is 0.188 e. The molecule has 20 heavy (non-hydrogen) atoms. The van der Waals surface area contributed by atoms with Crippen LogP contribution in [0.5, 0.6) is 0 Å². The number of Topliss-reactive ketones (excluding diaryl/α,β-unsaturated/α-hetero) is 1. The highest BCUT2D eigenvalue weighted by molar-refractivity contribution is 7.92. The number of halogens is 3. The van der Waals surface area contributed by atoms with Crippen LogP contribution >= 0.6 is 22.9 Å². The molecule has 0 aliphatic rings. The Morgan fingerprint density at radius 2 is 1.90 bits per heavy atom. The van der Waals surface area contributed by atoms with Crippen LogP contribution in [0.1, 0.15) is 9.67 Å². The van der Waals surface area contributed by atoms with Crippen molar-refractivity contribution in [2.24, 2.45) is 0 Å². The summed E-state index contributed by atoms with van der Waals surface area (Å²) in [5, 5.41) is 0. The van der Waals surface area contributed by atoms with Gasteiger partial charge in [-0.05, 0) is 24.3 Å². The van der Waals surface area contributed by atoms with E-state index in [0.717, 1.165) is 23.5 Å². The molecule has 0 bridgehead atoms. The average molecular weight is 337 g/mol. The van der Waals surface area contributed by atoms with Crippen LogP contribution < -0.4 is 0 Å². The van der Waals surface area contributed by atoms with Crippen LogP contribution in [0, 0.1) is 11.6 Å². The van der Waals surface area contributed by atoms with Crippen LogP contribution in [0.15, 0.2) is 35.2 Å². The zero-order chi connectivity index (χ0) is 14.9. The van der Waals surface area contributed by atoms with Crippen molar-refractivity contribution < 1.29 is 22.0 Å². The maximum Gasteiger partial charge on any atom is 0.188 e. The number of benzene rings is 1. The molecule has 106 valence electrons. The molecular weight excluding hydrogens is 330 g/mol. The average Bonchev–Trinajstić information content (AvgIpc) is 2.74. The second-order valence-electron chi connectivity index (χ2n) is 3.86. The number of sulfone groups is 1. The maximum atomic E-state index is 13.5. The van der Waals surface area contributed by atoms with Gasteiger partial charge in [-0.3, -0.25) is 4.79 Å². The molecule has 2 rings (SSSR count). The van der Waals surface area contributed by atoms with E-state index in [2.05, 4.69) is 0 Å². The van der Waals surface area contributed by atoms with E-state index in [4.69, 9.17) is 11.6 Å². The van der Waals surface area contributed by atoms with Crippen LogP contribution in [0.3, 0.4) is 0 Å². The Morgan fingerprint density at radius 1 is 1.20 bits per heavy atom. The van der Waals surface area contributed by atoms with Crippen molar-refractivity contribution in [3.05, 3.63) is 51.2 Å². The third-order valence-corrected chi connectivity index (χ3v) is 5.31. The van der Waals surface area contributed by atoms with Crippen LogP contribution in [0.25, 0.3) is 0 Å². The molecule has 8 heteroatoms. The third-order valence-electron chi connectivity index (χ3n) is 2.40. The van der Waals surface area contributed by atoms with E-state index in [-0.39, 0.29) is 4.88 Å². The summed E-state index contributed by atoms with van der Waals surface area (Å²) in [7, 11) is -4.17. The van der Waals surface area contributed by atoms with Crippen molar-refractivity contribution in [3.8, 4) is 0 Å². The Hall–Kier alpha value is -1.31. The number of hydrogen-bond donors (Lipinski definition) is 0. The van der Waals surface area contributed by atoms with E-state index >= 15 is 0 Å². The SMILES string of the molecule is O=C(CS(=O)(=O)c1ccc(F)cc1F)c1ccc(Cl)s1. The minimum atomic E-state index is -4.17. The quantitative estimate of drug-likeness (QED) is 0.635. The number of ketones is 1. The Labute approximate surface area is 122 Å². The van der Waals surface area contributed by atoms with Crippen LogP contribution in [-0.2, 0) is 9.84 Å². The van der Waals surface area contributed by atoms with Crippen molar-refractivity contribution >= 4 is 38.6 Å². The first kappa shape index (κ1) is 15.1. The van der Waals surface area contributed by atoms with Crippen molar-refractivity contribution in [2.75, 3.05) is 5.75 Å². The minimum absolute atomic E-state index is 0.168. The van der Waals surface area contributed by atoms with Crippen molar-refractivity contribution in [1.82, 2.24) is 0 Å². The summed E-state index contributed by atoms with van der Waals surface area (Å²) in [5.74, 6) is -3.70. The van der Waals surface area contributed by atoms with Crippen molar-refractivity contribution in [3.63, 3.8) is 0 Å². The molecule has 0 aliphatic carbocycles. The summed E-state index contributed by atoms with van der Waals surface area (Å²) in [5.41, 5.74) is 0. The molecule has 0 N–H and O–H groups in total. The van der Waals surface area contributed by atoms with Gasteiger partial charge in [0.15, 0.2) is 15.6 Å². The number of thiophene rings is 1. The fraction of sp³-hybridized carbons (Fsp3) is 0.0833. The van der Waals surface area contributed by atoms with Gasteiger partial charge in [-0.25, -0.2) is 17.2 Å². The number of carbonyl (C=O) groups excluding carboxylic acids is 1. The van der Waals surface area contributed by atoms with Crippen molar-refractivity contribution in [2.45, 2.75) is 4.90 Å². The highest BCUT2D eigenvalue weighted by Gasteiger charge is 2.24. The topological polar surface area (TPSA) is 51.2 Å². The molecule has 0 spiro atoms. The van der Waals surface area contributed by atoms with Gasteiger partial charge in [0.05, 0.1) is 9.21 Å². The second kappa shape index (κ2) is 5.59. The standard InChI is InChI=1S/C12H7ClF2O3S2/c13-12-4-2-10(19-12)9(16)6-20(17,18)11-3-1-7(14)5-8(11)15/h1-5H,6H2. The fourth-order valence-corrected chi connectivity index (χ4v) is 3.87. The molecule has 0 aliphatic heterocycles. The first-order chi connectivity index (χ1) is 9.29. The van der Waals surface area contributed by atoms with Crippen LogP contribution in [0.4, 0.5) is 8.78 Å². The van der Waals surface area contributed by atoms with Gasteiger partial charge in [-0.15, -0.1) is 11.3 Å². The van der Waals surface area contributed by atoms with E-state index in [1.807, 2.05) is 0 Å². The highest BCUT2D eigenvalue weighted by atomic mass is 35.5. The lowest BCUT2D eigenvalue weighted by Crippen LogP contribution is -2.16. The van der Waals surface area contributed by atoms with Gasteiger partial charge in [0.1, 0.15) is 22.3 Å². The zero-order valence-corrected chi connectivity index (χ0v) is 12.2. The Kier molecular flexibility index (Phi) is 4.22. The van der Waals surface area contributed by atoms with E-state index in [1.54, 1.807) is 0 Å². The van der Waals surface area contributed by atoms with E-state index in [1.165, 1.54) is 12.1 Å². The minimum Gasteiger partial charge on any atom is -0.292 e. The zero-order valence-electron chi connectivity index (χ0n) is 9.77. The first-order valence-electron chi connectivity index (χ1n) is 5.26. The molecular formula is C12H7ClF2O3S2. The molecule has 1 heterocycles. The second-order valence-corrected chi connectivity index (χ2v) is 7.53. The molecule has 0 unspecified atom stereocenters. The molecule has 0 saturated heterocycles. The molecule has 3 nitrogen and oxygen atoms in total. The monoisotopic (exact) mass is 336 g/mol. The fourth-order valence-electron chi connectivity index (χ4n) is 1.51. The van der Waals surface area contributed by atoms with Crippen LogP contribution in [0.2, 0.25) is 4.34 Å². The molecule has 0 fully saturated rings.